The van der Waals surface area contributed by atoms with Gasteiger partial charge in [0.25, 0.3) is 0 Å². The van der Waals surface area contributed by atoms with Crippen LogP contribution in [0.4, 0.5) is 0 Å². The number of sulfonamides is 1. The third kappa shape index (κ3) is 3.79. The van der Waals surface area contributed by atoms with E-state index in [1.54, 1.807) is 23.6 Å². The van der Waals surface area contributed by atoms with Gasteiger partial charge in [-0.15, -0.1) is 0 Å². The fraction of sp³-hybridized carbons (Fsp3) is 0.706. The van der Waals surface area contributed by atoms with Gasteiger partial charge in [0.15, 0.2) is 0 Å². The highest BCUT2D eigenvalue weighted by Crippen LogP contribution is 2.41. The first-order valence-electron chi connectivity index (χ1n) is 8.62. The molecule has 2 atom stereocenters. The van der Waals surface area contributed by atoms with Gasteiger partial charge in [-0.2, -0.15) is 0 Å². The summed E-state index contributed by atoms with van der Waals surface area (Å²) in [5, 5.41) is 0. The van der Waals surface area contributed by atoms with Crippen molar-refractivity contribution < 1.29 is 17.9 Å². The number of pyridine rings is 1. The lowest BCUT2D eigenvalue weighted by atomic mass is 9.73. The summed E-state index contributed by atoms with van der Waals surface area (Å²) >= 11 is 0. The fourth-order valence-corrected chi connectivity index (χ4v) is 4.93. The maximum Gasteiger partial charge on any atom is 0.213 e. The zero-order chi connectivity index (χ0) is 17.0. The minimum Gasteiger partial charge on any atom is -0.377 e. The van der Waals surface area contributed by atoms with Crippen molar-refractivity contribution in [1.82, 2.24) is 9.29 Å². The van der Waals surface area contributed by atoms with Crippen molar-refractivity contribution in [3.63, 3.8) is 0 Å². The Morgan fingerprint density at radius 2 is 2.21 bits per heavy atom. The lowest BCUT2D eigenvalue weighted by molar-refractivity contribution is -0.144. The van der Waals surface area contributed by atoms with E-state index in [0.717, 1.165) is 31.4 Å². The SMILES string of the molecule is CCS(=O)(=O)N1CCC2OCCCC2(COCc2ccncc2)C1. The second-order valence-electron chi connectivity index (χ2n) is 6.70. The number of rotatable bonds is 6. The molecule has 7 heteroatoms. The van der Waals surface area contributed by atoms with E-state index in [2.05, 4.69) is 4.98 Å². The average molecular weight is 354 g/mol. The highest BCUT2D eigenvalue weighted by atomic mass is 32.2. The molecule has 2 aliphatic heterocycles. The maximum atomic E-state index is 12.3. The molecule has 0 bridgehead atoms. The standard InChI is InChI=1S/C17H26N2O4S/c1-2-24(20,21)19-10-6-16-17(13-19,7-3-11-23-16)14-22-12-15-4-8-18-9-5-15/h4-5,8-9,16H,2-3,6-7,10-14H2,1H3. The fourth-order valence-electron chi connectivity index (χ4n) is 3.73. The molecular formula is C17H26N2O4S. The molecule has 0 aliphatic carbocycles. The molecule has 0 saturated carbocycles. The topological polar surface area (TPSA) is 68.7 Å². The van der Waals surface area contributed by atoms with Crippen LogP contribution in [0.1, 0.15) is 31.7 Å². The number of fused-ring (bicyclic) bond motifs is 1. The van der Waals surface area contributed by atoms with E-state index in [1.165, 1.54) is 0 Å². The Kier molecular flexibility index (Phi) is 5.54. The Bertz CT molecular complexity index is 637. The Morgan fingerprint density at radius 3 is 2.96 bits per heavy atom. The smallest absolute Gasteiger partial charge is 0.213 e. The number of piperidine rings is 1. The van der Waals surface area contributed by atoms with Crippen LogP contribution in [-0.4, -0.2) is 55.9 Å². The van der Waals surface area contributed by atoms with Gasteiger partial charge in [0.1, 0.15) is 0 Å². The van der Waals surface area contributed by atoms with Crippen LogP contribution in [0.15, 0.2) is 24.5 Å². The van der Waals surface area contributed by atoms with E-state index in [1.807, 2.05) is 12.1 Å². The number of hydrogen-bond donors (Lipinski definition) is 0. The van der Waals surface area contributed by atoms with Crippen molar-refractivity contribution in [3.8, 4) is 0 Å². The molecule has 3 heterocycles. The molecule has 2 aliphatic rings. The number of hydrogen-bond acceptors (Lipinski definition) is 5. The minimum atomic E-state index is -3.17. The van der Waals surface area contributed by atoms with E-state index < -0.39 is 10.0 Å². The summed E-state index contributed by atoms with van der Waals surface area (Å²) in [7, 11) is -3.17. The van der Waals surface area contributed by atoms with Gasteiger partial charge in [-0.1, -0.05) is 0 Å². The Labute approximate surface area is 144 Å². The predicted octanol–water partition coefficient (Wildman–Crippen LogP) is 1.82. The quantitative estimate of drug-likeness (QED) is 0.779. The van der Waals surface area contributed by atoms with Crippen molar-refractivity contribution in [2.45, 2.75) is 38.9 Å². The first-order valence-corrected chi connectivity index (χ1v) is 10.2. The third-order valence-corrected chi connectivity index (χ3v) is 6.95. The van der Waals surface area contributed by atoms with Crippen LogP contribution in [-0.2, 0) is 26.1 Å². The number of ether oxygens (including phenoxy) is 2. The summed E-state index contributed by atoms with van der Waals surface area (Å²) in [5.74, 6) is 0.145. The summed E-state index contributed by atoms with van der Waals surface area (Å²) in [6, 6.07) is 3.86. The van der Waals surface area contributed by atoms with Crippen LogP contribution in [0, 0.1) is 5.41 Å². The highest BCUT2D eigenvalue weighted by Gasteiger charge is 2.48. The highest BCUT2D eigenvalue weighted by molar-refractivity contribution is 7.89. The molecular weight excluding hydrogens is 328 g/mol. The molecule has 6 nitrogen and oxygen atoms in total. The first kappa shape index (κ1) is 17.8. The van der Waals surface area contributed by atoms with E-state index >= 15 is 0 Å². The molecule has 134 valence electrons. The van der Waals surface area contributed by atoms with Gasteiger partial charge in [0.2, 0.25) is 10.0 Å². The van der Waals surface area contributed by atoms with Gasteiger partial charge in [-0.05, 0) is 43.9 Å². The van der Waals surface area contributed by atoms with Crippen molar-refractivity contribution >= 4 is 10.0 Å². The van der Waals surface area contributed by atoms with Gasteiger partial charge in [-0.3, -0.25) is 4.98 Å². The molecule has 0 spiro atoms. The number of nitrogens with zero attached hydrogens (tertiary/aromatic N) is 2. The second-order valence-corrected chi connectivity index (χ2v) is 8.95. The van der Waals surface area contributed by atoms with Crippen molar-refractivity contribution in [3.05, 3.63) is 30.1 Å². The summed E-state index contributed by atoms with van der Waals surface area (Å²) in [4.78, 5) is 4.01. The lowest BCUT2D eigenvalue weighted by Gasteiger charge is -2.49. The zero-order valence-electron chi connectivity index (χ0n) is 14.2. The third-order valence-electron chi connectivity index (χ3n) is 5.12. The summed E-state index contributed by atoms with van der Waals surface area (Å²) in [5.41, 5.74) is 0.842. The van der Waals surface area contributed by atoms with Gasteiger partial charge in [-0.25, -0.2) is 12.7 Å². The summed E-state index contributed by atoms with van der Waals surface area (Å²) in [6.07, 6.45) is 6.24. The molecule has 0 radical (unpaired) electrons. The molecule has 1 aromatic rings. The molecule has 24 heavy (non-hydrogen) atoms. The predicted molar refractivity (Wildman–Crippen MR) is 91.0 cm³/mol. The van der Waals surface area contributed by atoms with Crippen LogP contribution in [0.5, 0.6) is 0 Å². The van der Waals surface area contributed by atoms with Gasteiger partial charge in [0, 0.05) is 37.5 Å². The van der Waals surface area contributed by atoms with Crippen LogP contribution in [0.2, 0.25) is 0 Å². The van der Waals surface area contributed by atoms with Gasteiger partial charge in [0.05, 0.1) is 25.1 Å². The van der Waals surface area contributed by atoms with Crippen LogP contribution >= 0.6 is 0 Å². The van der Waals surface area contributed by atoms with Crippen molar-refractivity contribution in [2.24, 2.45) is 5.41 Å². The monoisotopic (exact) mass is 354 g/mol. The van der Waals surface area contributed by atoms with Gasteiger partial charge < -0.3 is 9.47 Å². The van der Waals surface area contributed by atoms with E-state index in [0.29, 0.717) is 26.3 Å². The Balaban J connectivity index is 1.69. The lowest BCUT2D eigenvalue weighted by Crippen LogP contribution is -2.58. The Morgan fingerprint density at radius 1 is 1.42 bits per heavy atom. The summed E-state index contributed by atoms with van der Waals surface area (Å²) in [6.45, 7) is 4.55. The van der Waals surface area contributed by atoms with E-state index in [9.17, 15) is 8.42 Å². The second kappa shape index (κ2) is 7.47. The molecule has 2 unspecified atom stereocenters. The van der Waals surface area contributed by atoms with Crippen molar-refractivity contribution in [1.29, 1.82) is 0 Å². The molecule has 2 saturated heterocycles. The molecule has 0 N–H and O–H groups in total. The Hall–Kier alpha value is -1.02. The minimum absolute atomic E-state index is 0.0898. The van der Waals surface area contributed by atoms with Crippen LogP contribution < -0.4 is 0 Å². The van der Waals surface area contributed by atoms with Crippen LogP contribution in [0.25, 0.3) is 0 Å². The molecule has 0 amide bonds. The zero-order valence-corrected chi connectivity index (χ0v) is 15.0. The first-order chi connectivity index (χ1) is 11.6. The molecule has 3 rings (SSSR count). The molecule has 0 aromatic carbocycles. The number of aromatic nitrogens is 1. The largest absolute Gasteiger partial charge is 0.377 e. The molecule has 2 fully saturated rings. The maximum absolute atomic E-state index is 12.3. The molecule has 1 aromatic heterocycles. The van der Waals surface area contributed by atoms with E-state index in [-0.39, 0.29) is 17.3 Å². The van der Waals surface area contributed by atoms with Crippen LogP contribution in [0.3, 0.4) is 0 Å². The normalized spacial score (nSPS) is 28.5. The summed E-state index contributed by atoms with van der Waals surface area (Å²) < 4.78 is 38.2. The van der Waals surface area contributed by atoms with Crippen molar-refractivity contribution in [2.75, 3.05) is 32.1 Å². The average Bonchev–Trinajstić information content (AvgIpc) is 2.62. The van der Waals surface area contributed by atoms with E-state index in [4.69, 9.17) is 9.47 Å². The van der Waals surface area contributed by atoms with Gasteiger partial charge >= 0.3 is 0 Å².